The lowest BCUT2D eigenvalue weighted by Crippen LogP contribution is -2.49. The van der Waals surface area contributed by atoms with Crippen LogP contribution in [0.15, 0.2) is 65.8 Å². The number of carbonyl (C=O) groups is 2. The number of nitrogens with one attached hydrogen (secondary N) is 2. The Morgan fingerprint density at radius 2 is 1.76 bits per heavy atom. The molecule has 196 valence electrons. The zero-order valence-electron chi connectivity index (χ0n) is 21.7. The lowest BCUT2D eigenvalue weighted by Gasteiger charge is -2.22. The zero-order chi connectivity index (χ0) is 27.0. The second-order valence-electron chi connectivity index (χ2n) is 9.57. The minimum absolute atomic E-state index is 0.0748. The number of rotatable bonds is 9. The molecule has 0 saturated carbocycles. The highest BCUT2D eigenvalue weighted by Gasteiger charge is 2.24. The standard InChI is InChI=1S/C28H33FN4O4/c1-19-15-22(20(2)33(19)24-13-11-23(29)12-14-24)16-30-32-26(34)25(31-27(35)37-28(3,4)5)18-36-17-21-9-7-6-8-10-21/h6-16,25H,17-18H2,1-5H3,(H,31,35)(H,32,34)/b30-16-/t25-/m0/s1. The second-order valence-corrected chi connectivity index (χ2v) is 9.57. The summed E-state index contributed by atoms with van der Waals surface area (Å²) in [4.78, 5) is 25.2. The molecule has 8 nitrogen and oxygen atoms in total. The minimum Gasteiger partial charge on any atom is -0.444 e. The normalized spacial score (nSPS) is 12.4. The van der Waals surface area contributed by atoms with E-state index < -0.39 is 23.6 Å². The van der Waals surface area contributed by atoms with E-state index in [1.807, 2.05) is 54.8 Å². The van der Waals surface area contributed by atoms with E-state index in [9.17, 15) is 14.0 Å². The number of alkyl carbamates (subject to hydrolysis) is 1. The number of ether oxygens (including phenoxy) is 2. The van der Waals surface area contributed by atoms with Crippen LogP contribution in [0.5, 0.6) is 0 Å². The van der Waals surface area contributed by atoms with Gasteiger partial charge in [-0.2, -0.15) is 5.10 Å². The van der Waals surface area contributed by atoms with Gasteiger partial charge in [0.25, 0.3) is 5.91 Å². The molecule has 0 aliphatic heterocycles. The summed E-state index contributed by atoms with van der Waals surface area (Å²) in [7, 11) is 0. The van der Waals surface area contributed by atoms with Crippen LogP contribution in [0.2, 0.25) is 0 Å². The lowest BCUT2D eigenvalue weighted by atomic mass is 10.2. The van der Waals surface area contributed by atoms with E-state index in [0.29, 0.717) is 0 Å². The molecule has 0 bridgehead atoms. The summed E-state index contributed by atoms with van der Waals surface area (Å²) in [5, 5.41) is 6.64. The molecule has 0 saturated heterocycles. The number of hydrogen-bond acceptors (Lipinski definition) is 5. The van der Waals surface area contributed by atoms with E-state index in [0.717, 1.165) is 28.2 Å². The monoisotopic (exact) mass is 508 g/mol. The number of aromatic nitrogens is 1. The fourth-order valence-corrected chi connectivity index (χ4v) is 3.65. The minimum atomic E-state index is -1.03. The molecule has 1 aromatic heterocycles. The maximum atomic E-state index is 13.3. The summed E-state index contributed by atoms with van der Waals surface area (Å²) in [5.41, 5.74) is 6.08. The van der Waals surface area contributed by atoms with E-state index in [-0.39, 0.29) is 19.0 Å². The van der Waals surface area contributed by atoms with Gasteiger partial charge in [0.15, 0.2) is 0 Å². The Morgan fingerprint density at radius 1 is 1.08 bits per heavy atom. The van der Waals surface area contributed by atoms with Gasteiger partial charge in [0, 0.05) is 22.6 Å². The highest BCUT2D eigenvalue weighted by Crippen LogP contribution is 2.20. The van der Waals surface area contributed by atoms with Gasteiger partial charge < -0.3 is 19.4 Å². The van der Waals surface area contributed by atoms with Crippen LogP contribution in [0, 0.1) is 19.7 Å². The van der Waals surface area contributed by atoms with Crippen molar-refractivity contribution in [2.45, 2.75) is 52.9 Å². The predicted octanol–water partition coefficient (Wildman–Crippen LogP) is 4.79. The van der Waals surface area contributed by atoms with Crippen molar-refractivity contribution in [3.63, 3.8) is 0 Å². The Morgan fingerprint density at radius 3 is 2.41 bits per heavy atom. The molecule has 0 aliphatic rings. The van der Waals surface area contributed by atoms with Crippen molar-refractivity contribution in [3.05, 3.63) is 89.0 Å². The maximum absolute atomic E-state index is 13.3. The molecule has 37 heavy (non-hydrogen) atoms. The van der Waals surface area contributed by atoms with Crippen molar-refractivity contribution < 1.29 is 23.5 Å². The van der Waals surface area contributed by atoms with E-state index in [2.05, 4.69) is 15.8 Å². The van der Waals surface area contributed by atoms with Crippen LogP contribution in [-0.4, -0.2) is 41.0 Å². The third-order valence-electron chi connectivity index (χ3n) is 5.34. The molecule has 0 aliphatic carbocycles. The number of halogens is 1. The fourth-order valence-electron chi connectivity index (χ4n) is 3.65. The third kappa shape index (κ3) is 8.28. The Hall–Kier alpha value is -3.98. The Balaban J connectivity index is 1.67. The first-order chi connectivity index (χ1) is 17.5. The van der Waals surface area contributed by atoms with Crippen LogP contribution in [0.3, 0.4) is 0 Å². The van der Waals surface area contributed by atoms with Crippen molar-refractivity contribution in [1.82, 2.24) is 15.3 Å². The van der Waals surface area contributed by atoms with Crippen LogP contribution < -0.4 is 10.7 Å². The van der Waals surface area contributed by atoms with Crippen LogP contribution in [0.4, 0.5) is 9.18 Å². The number of hydrogen-bond donors (Lipinski definition) is 2. The maximum Gasteiger partial charge on any atom is 0.408 e. The lowest BCUT2D eigenvalue weighted by molar-refractivity contribution is -0.124. The SMILES string of the molecule is Cc1cc(/C=N\NC(=O)[C@H](COCc2ccccc2)NC(=O)OC(C)(C)C)c(C)n1-c1ccc(F)cc1. The van der Waals surface area contributed by atoms with Crippen molar-refractivity contribution in [2.75, 3.05) is 6.61 Å². The zero-order valence-corrected chi connectivity index (χ0v) is 21.7. The number of benzene rings is 2. The van der Waals surface area contributed by atoms with Gasteiger partial charge in [-0.25, -0.2) is 14.6 Å². The molecule has 2 amide bonds. The van der Waals surface area contributed by atoms with Gasteiger partial charge in [-0.3, -0.25) is 4.79 Å². The Labute approximate surface area is 216 Å². The molecule has 0 radical (unpaired) electrons. The summed E-state index contributed by atoms with van der Waals surface area (Å²) in [6.07, 6.45) is 0.790. The average molecular weight is 509 g/mol. The quantitative estimate of drug-likeness (QED) is 0.321. The molecule has 3 rings (SSSR count). The highest BCUT2D eigenvalue weighted by atomic mass is 19.1. The van der Waals surface area contributed by atoms with Crippen molar-refractivity contribution in [2.24, 2.45) is 5.10 Å². The average Bonchev–Trinajstić information content (AvgIpc) is 3.11. The Bertz CT molecular complexity index is 1230. The number of amides is 2. The number of nitrogens with zero attached hydrogens (tertiary/aromatic N) is 2. The molecule has 0 fully saturated rings. The molecule has 2 N–H and O–H groups in total. The topological polar surface area (TPSA) is 93.9 Å². The largest absolute Gasteiger partial charge is 0.444 e. The molecular weight excluding hydrogens is 475 g/mol. The van der Waals surface area contributed by atoms with Gasteiger partial charge in [-0.05, 0) is 70.5 Å². The molecule has 1 atom stereocenters. The molecule has 0 spiro atoms. The van der Waals surface area contributed by atoms with Crippen molar-refractivity contribution in [1.29, 1.82) is 0 Å². The second kappa shape index (κ2) is 12.3. The van der Waals surface area contributed by atoms with Gasteiger partial charge in [-0.15, -0.1) is 0 Å². The first kappa shape index (κ1) is 27.6. The van der Waals surface area contributed by atoms with Gasteiger partial charge in [0.2, 0.25) is 0 Å². The molecule has 0 unspecified atom stereocenters. The first-order valence-electron chi connectivity index (χ1n) is 11.9. The van der Waals surface area contributed by atoms with Gasteiger partial charge in [0.1, 0.15) is 17.5 Å². The number of carbonyl (C=O) groups excluding carboxylic acids is 2. The van der Waals surface area contributed by atoms with Crippen molar-refractivity contribution >= 4 is 18.2 Å². The predicted molar refractivity (Wildman–Crippen MR) is 140 cm³/mol. The Kier molecular flexibility index (Phi) is 9.19. The van der Waals surface area contributed by atoms with Crippen LogP contribution >= 0.6 is 0 Å². The third-order valence-corrected chi connectivity index (χ3v) is 5.34. The summed E-state index contributed by atoms with van der Waals surface area (Å²) >= 11 is 0. The molecule has 9 heteroatoms. The van der Waals surface area contributed by atoms with Gasteiger partial charge in [0.05, 0.1) is 19.4 Å². The van der Waals surface area contributed by atoms with Crippen molar-refractivity contribution in [3.8, 4) is 5.69 Å². The van der Waals surface area contributed by atoms with Crippen LogP contribution in [0.25, 0.3) is 5.69 Å². The molecule has 2 aromatic carbocycles. The van der Waals surface area contributed by atoms with Crippen LogP contribution in [0.1, 0.15) is 43.3 Å². The van der Waals surface area contributed by atoms with E-state index in [1.165, 1.54) is 18.3 Å². The van der Waals surface area contributed by atoms with Crippen LogP contribution in [-0.2, 0) is 20.9 Å². The van der Waals surface area contributed by atoms with E-state index in [4.69, 9.17) is 9.47 Å². The van der Waals surface area contributed by atoms with E-state index >= 15 is 0 Å². The highest BCUT2D eigenvalue weighted by molar-refractivity contribution is 5.88. The van der Waals surface area contributed by atoms with E-state index in [1.54, 1.807) is 32.9 Å². The first-order valence-corrected chi connectivity index (χ1v) is 11.9. The summed E-state index contributed by atoms with van der Waals surface area (Å²) in [6, 6.07) is 16.6. The number of aryl methyl sites for hydroxylation is 1. The molecular formula is C28H33FN4O4. The fraction of sp³-hybridized carbons (Fsp3) is 0.321. The smallest absolute Gasteiger partial charge is 0.408 e. The van der Waals surface area contributed by atoms with Gasteiger partial charge in [-0.1, -0.05) is 30.3 Å². The summed E-state index contributed by atoms with van der Waals surface area (Å²) in [6.45, 7) is 9.25. The summed E-state index contributed by atoms with van der Waals surface area (Å²) < 4.78 is 26.3. The molecule has 1 heterocycles. The number of hydrazone groups is 1. The molecule has 3 aromatic rings. The van der Waals surface area contributed by atoms with Gasteiger partial charge >= 0.3 is 6.09 Å². The summed E-state index contributed by atoms with van der Waals surface area (Å²) in [5.74, 6) is -0.861.